The molecule has 5 atom stereocenters. The van der Waals surface area contributed by atoms with E-state index in [0.717, 1.165) is 72.5 Å². The van der Waals surface area contributed by atoms with Crippen LogP contribution < -0.4 is 16.1 Å². The summed E-state index contributed by atoms with van der Waals surface area (Å²) in [4.78, 5) is 8.68. The van der Waals surface area contributed by atoms with Gasteiger partial charge in [0.2, 0.25) is 6.41 Å². The van der Waals surface area contributed by atoms with Crippen LogP contribution in [0.4, 0.5) is 5.69 Å². The van der Waals surface area contributed by atoms with Crippen molar-refractivity contribution in [1.29, 1.82) is 0 Å². The number of anilines is 1. The van der Waals surface area contributed by atoms with Crippen molar-refractivity contribution in [2.45, 2.75) is 69.9 Å². The quantitative estimate of drug-likeness (QED) is 0.285. The minimum absolute atomic E-state index is 0.0101. The third-order valence-corrected chi connectivity index (χ3v) is 7.71. The number of aromatic nitrogens is 4. The van der Waals surface area contributed by atoms with E-state index in [-0.39, 0.29) is 18.2 Å². The Morgan fingerprint density at radius 2 is 2.18 bits per heavy atom. The fraction of sp³-hybridized carbons (Fsp3) is 0.556. The zero-order chi connectivity index (χ0) is 26.6. The molecule has 0 amide bonds. The van der Waals surface area contributed by atoms with E-state index in [0.29, 0.717) is 25.7 Å². The minimum Gasteiger partial charge on any atom is -0.379 e. The molecule has 5 unspecified atom stereocenters. The molecule has 3 aromatic rings. The molecule has 2 aliphatic heterocycles. The number of hydrogen-bond acceptors (Lipinski definition) is 11. The second-order valence-electron chi connectivity index (χ2n) is 10.5. The Bertz CT molecular complexity index is 1280. The van der Waals surface area contributed by atoms with Crippen LogP contribution in [0.1, 0.15) is 43.4 Å². The highest BCUT2D eigenvalue weighted by Crippen LogP contribution is 2.34. The Kier molecular flexibility index (Phi) is 7.98. The van der Waals surface area contributed by atoms with E-state index >= 15 is 0 Å². The predicted octanol–water partition coefficient (Wildman–Crippen LogP) is 2.01. The van der Waals surface area contributed by atoms with Gasteiger partial charge in [0.15, 0.2) is 0 Å². The molecule has 0 bridgehead atoms. The van der Waals surface area contributed by atoms with Crippen molar-refractivity contribution in [1.82, 2.24) is 30.5 Å². The van der Waals surface area contributed by atoms with Crippen LogP contribution in [0.5, 0.6) is 0 Å². The van der Waals surface area contributed by atoms with Gasteiger partial charge in [0.25, 0.3) is 0 Å². The van der Waals surface area contributed by atoms with Crippen molar-refractivity contribution in [3.8, 4) is 0 Å². The lowest BCUT2D eigenvalue weighted by molar-refractivity contribution is -0.153. The van der Waals surface area contributed by atoms with Crippen LogP contribution in [0, 0.1) is 5.92 Å². The predicted molar refractivity (Wildman–Crippen MR) is 144 cm³/mol. The van der Waals surface area contributed by atoms with Gasteiger partial charge < -0.3 is 30.1 Å². The number of nitrogens with zero attached hydrogens (tertiary/aromatic N) is 5. The third kappa shape index (κ3) is 6.20. The molecule has 12 nitrogen and oxygen atoms in total. The van der Waals surface area contributed by atoms with Crippen molar-refractivity contribution >= 4 is 22.6 Å². The third-order valence-electron chi connectivity index (χ3n) is 7.71. The molecule has 1 aliphatic carbocycles. The summed E-state index contributed by atoms with van der Waals surface area (Å²) in [7, 11) is 1.92. The molecule has 0 radical (unpaired) electrons. The van der Waals surface area contributed by atoms with E-state index in [1.807, 2.05) is 29.9 Å². The average molecular weight is 537 g/mol. The highest BCUT2D eigenvalue weighted by Gasteiger charge is 2.35. The molecule has 0 spiro atoms. The fourth-order valence-electron chi connectivity index (χ4n) is 5.68. The lowest BCUT2D eigenvalue weighted by Gasteiger charge is -2.20. The standard InChI is InChI=1S/C27H36N8O4/c1-35-26-21(6-9-29-25(26)23(34-35)16-38-20-7-10-37-15-20)31-24-12-22(32-33-24)18-4-5-19(11-18)39-27(36)30-14-17-3-2-8-28-13-17/h2-3,6,8-9,13,18-20,22,27,30,32,36H,4-5,7,10-12,14-16H2,1H3,(H,29,31,33). The van der Waals surface area contributed by atoms with Crippen molar-refractivity contribution in [2.75, 3.05) is 18.5 Å². The van der Waals surface area contributed by atoms with E-state index in [1.54, 1.807) is 18.6 Å². The normalized spacial score (nSPS) is 25.6. The number of fused-ring (bicyclic) bond motifs is 1. The fourth-order valence-corrected chi connectivity index (χ4v) is 5.68. The monoisotopic (exact) mass is 536 g/mol. The summed E-state index contributed by atoms with van der Waals surface area (Å²) in [5, 5.41) is 26.1. The van der Waals surface area contributed by atoms with E-state index in [4.69, 9.17) is 14.2 Å². The second kappa shape index (κ2) is 11.9. The Hall–Kier alpha value is -3.16. The Labute approximate surface area is 227 Å². The zero-order valence-electron chi connectivity index (χ0n) is 22.1. The molecule has 3 aromatic heterocycles. The van der Waals surface area contributed by atoms with Gasteiger partial charge in [0.05, 0.1) is 37.2 Å². The van der Waals surface area contributed by atoms with E-state index in [1.165, 1.54) is 0 Å². The van der Waals surface area contributed by atoms with Crippen LogP contribution in [-0.2, 0) is 34.4 Å². The Morgan fingerprint density at radius 3 is 3.03 bits per heavy atom. The number of hydrogen-bond donors (Lipinski definition) is 4. The smallest absolute Gasteiger partial charge is 0.214 e. The van der Waals surface area contributed by atoms with Crippen LogP contribution in [0.15, 0.2) is 41.9 Å². The molecule has 39 heavy (non-hydrogen) atoms. The summed E-state index contributed by atoms with van der Waals surface area (Å²) in [6.45, 7) is 2.29. The van der Waals surface area contributed by atoms with Crippen molar-refractivity contribution < 1.29 is 19.3 Å². The first-order chi connectivity index (χ1) is 19.1. The first-order valence-corrected chi connectivity index (χ1v) is 13.7. The molecule has 5 heterocycles. The summed E-state index contributed by atoms with van der Waals surface area (Å²) in [6.07, 6.45) is 8.93. The lowest BCUT2D eigenvalue weighted by atomic mass is 9.96. The maximum atomic E-state index is 10.3. The molecule has 3 aliphatic rings. The Morgan fingerprint density at radius 1 is 1.23 bits per heavy atom. The van der Waals surface area contributed by atoms with Gasteiger partial charge in [-0.2, -0.15) is 10.2 Å². The number of ether oxygens (including phenoxy) is 3. The summed E-state index contributed by atoms with van der Waals surface area (Å²) in [5.74, 6) is 1.30. The van der Waals surface area contributed by atoms with Gasteiger partial charge in [-0.1, -0.05) is 6.07 Å². The molecular formula is C27H36N8O4. The van der Waals surface area contributed by atoms with Crippen molar-refractivity contribution in [3.05, 3.63) is 48.0 Å². The molecule has 0 aromatic carbocycles. The van der Waals surface area contributed by atoms with Gasteiger partial charge in [0.1, 0.15) is 22.6 Å². The van der Waals surface area contributed by atoms with Gasteiger partial charge in [-0.05, 0) is 49.3 Å². The van der Waals surface area contributed by atoms with Crippen molar-refractivity contribution in [3.63, 3.8) is 0 Å². The Balaban J connectivity index is 1.00. The molecule has 208 valence electrons. The van der Waals surface area contributed by atoms with E-state index < -0.39 is 6.41 Å². The number of nitrogens with one attached hydrogen (secondary N) is 3. The number of aliphatic hydroxyl groups excluding tert-OH is 1. The molecule has 4 N–H and O–H groups in total. The van der Waals surface area contributed by atoms with Gasteiger partial charge in [-0.15, -0.1) is 0 Å². The molecular weight excluding hydrogens is 500 g/mol. The number of aliphatic hydroxyl groups is 1. The zero-order valence-corrected chi connectivity index (χ0v) is 22.1. The lowest BCUT2D eigenvalue weighted by Crippen LogP contribution is -2.35. The summed E-state index contributed by atoms with van der Waals surface area (Å²) in [6, 6.07) is 6.01. The van der Waals surface area contributed by atoms with E-state index in [9.17, 15) is 5.11 Å². The van der Waals surface area contributed by atoms with E-state index in [2.05, 4.69) is 36.2 Å². The molecule has 6 rings (SSSR count). The number of aryl methyl sites for hydroxylation is 1. The molecule has 1 saturated carbocycles. The first kappa shape index (κ1) is 26.1. The first-order valence-electron chi connectivity index (χ1n) is 13.7. The van der Waals surface area contributed by atoms with Crippen LogP contribution in [0.3, 0.4) is 0 Å². The second-order valence-corrected chi connectivity index (χ2v) is 10.5. The van der Waals surface area contributed by atoms with Crippen LogP contribution in [0.25, 0.3) is 11.0 Å². The van der Waals surface area contributed by atoms with Gasteiger partial charge in [0, 0.05) is 45.2 Å². The largest absolute Gasteiger partial charge is 0.379 e. The van der Waals surface area contributed by atoms with Gasteiger partial charge in [-0.3, -0.25) is 20.0 Å². The van der Waals surface area contributed by atoms with Crippen LogP contribution in [-0.4, -0.2) is 68.6 Å². The van der Waals surface area contributed by atoms with Crippen molar-refractivity contribution in [2.24, 2.45) is 18.1 Å². The average Bonchev–Trinajstić information content (AvgIpc) is 3.76. The molecule has 1 saturated heterocycles. The van der Waals surface area contributed by atoms with Crippen LogP contribution >= 0.6 is 0 Å². The van der Waals surface area contributed by atoms with Gasteiger partial charge in [-0.25, -0.2) is 0 Å². The summed E-state index contributed by atoms with van der Waals surface area (Å²) >= 11 is 0. The topological polar surface area (TPSA) is 140 Å². The minimum atomic E-state index is -1.01. The molecule has 12 heteroatoms. The summed E-state index contributed by atoms with van der Waals surface area (Å²) < 4.78 is 19.1. The highest BCUT2D eigenvalue weighted by atomic mass is 16.6. The number of amidine groups is 1. The highest BCUT2D eigenvalue weighted by molar-refractivity contribution is 6.03. The number of rotatable bonds is 10. The van der Waals surface area contributed by atoms with Crippen LogP contribution in [0.2, 0.25) is 0 Å². The maximum absolute atomic E-state index is 10.3. The maximum Gasteiger partial charge on any atom is 0.214 e. The van der Waals surface area contributed by atoms with Gasteiger partial charge >= 0.3 is 0 Å². The summed E-state index contributed by atoms with van der Waals surface area (Å²) in [5.41, 5.74) is 7.81. The number of hydrazone groups is 1. The SMILES string of the molecule is Cn1nc(COC2CCOC2)c2nccc(NC3=NNC(C4CCC(OC(O)NCc5cccnc5)C4)C3)c21. The number of pyridine rings is 2. The molecule has 2 fully saturated rings.